The molecule has 2 atom stereocenters. The van der Waals surface area contributed by atoms with Crippen molar-refractivity contribution in [3.05, 3.63) is 65.7 Å². The summed E-state index contributed by atoms with van der Waals surface area (Å²) in [4.78, 5) is 15.9. The lowest BCUT2D eigenvalue weighted by Crippen LogP contribution is -2.52. The largest absolute Gasteiger partial charge is 0.353 e. The third-order valence-electron chi connectivity index (χ3n) is 6.62. The first kappa shape index (κ1) is 23.0. The van der Waals surface area contributed by atoms with Crippen LogP contribution in [-0.2, 0) is 14.8 Å². The number of likely N-dealkylation sites (tertiary alicyclic amines) is 1. The van der Waals surface area contributed by atoms with Gasteiger partial charge in [-0.3, -0.25) is 9.69 Å². The van der Waals surface area contributed by atoms with Crippen LogP contribution in [0.25, 0.3) is 0 Å². The van der Waals surface area contributed by atoms with Crippen LogP contribution in [0.1, 0.15) is 49.3 Å². The van der Waals surface area contributed by atoms with Crippen LogP contribution in [0.4, 0.5) is 0 Å². The van der Waals surface area contributed by atoms with Gasteiger partial charge in [0.25, 0.3) is 0 Å². The van der Waals surface area contributed by atoms with E-state index in [4.69, 9.17) is 0 Å². The van der Waals surface area contributed by atoms with Crippen molar-refractivity contribution in [1.82, 2.24) is 14.5 Å². The van der Waals surface area contributed by atoms with E-state index in [0.717, 1.165) is 31.5 Å². The van der Waals surface area contributed by atoms with Crippen molar-refractivity contribution >= 4 is 15.9 Å². The van der Waals surface area contributed by atoms with Gasteiger partial charge < -0.3 is 5.32 Å². The number of hydrogen-bond donors (Lipinski definition) is 1. The molecule has 172 valence electrons. The van der Waals surface area contributed by atoms with Gasteiger partial charge in [-0.25, -0.2) is 8.42 Å². The molecule has 2 unspecified atom stereocenters. The Morgan fingerprint density at radius 2 is 1.62 bits per heavy atom. The fourth-order valence-electron chi connectivity index (χ4n) is 4.80. The molecule has 2 fully saturated rings. The number of benzene rings is 2. The van der Waals surface area contributed by atoms with Gasteiger partial charge in [0, 0.05) is 13.1 Å². The number of nitrogens with one attached hydrogen (secondary N) is 1. The van der Waals surface area contributed by atoms with Gasteiger partial charge in [0.1, 0.15) is 6.04 Å². The molecule has 0 saturated carbocycles. The van der Waals surface area contributed by atoms with E-state index in [1.54, 1.807) is 24.3 Å². The van der Waals surface area contributed by atoms with Crippen LogP contribution in [0.3, 0.4) is 0 Å². The first-order valence-electron chi connectivity index (χ1n) is 11.6. The molecule has 0 radical (unpaired) electrons. The highest BCUT2D eigenvalue weighted by atomic mass is 32.2. The first-order valence-corrected chi connectivity index (χ1v) is 13.1. The van der Waals surface area contributed by atoms with Crippen molar-refractivity contribution in [2.75, 3.05) is 26.2 Å². The zero-order chi connectivity index (χ0) is 22.6. The number of sulfonamides is 1. The smallest absolute Gasteiger partial charge is 0.243 e. The molecule has 6 nitrogen and oxygen atoms in total. The predicted molar refractivity (Wildman–Crippen MR) is 126 cm³/mol. The van der Waals surface area contributed by atoms with Crippen molar-refractivity contribution in [2.45, 2.75) is 56.0 Å². The molecular weight excluding hydrogens is 422 g/mol. The summed E-state index contributed by atoms with van der Waals surface area (Å²) in [6, 6.07) is 16.6. The third-order valence-corrected chi connectivity index (χ3v) is 8.54. The zero-order valence-corrected chi connectivity index (χ0v) is 19.6. The lowest BCUT2D eigenvalue weighted by molar-refractivity contribution is -0.125. The van der Waals surface area contributed by atoms with Crippen molar-refractivity contribution in [2.24, 2.45) is 0 Å². The van der Waals surface area contributed by atoms with Crippen LogP contribution in [-0.4, -0.2) is 55.8 Å². The van der Waals surface area contributed by atoms with Gasteiger partial charge in [0.05, 0.1) is 10.9 Å². The van der Waals surface area contributed by atoms with E-state index in [9.17, 15) is 13.2 Å². The molecule has 2 saturated heterocycles. The summed E-state index contributed by atoms with van der Waals surface area (Å²) < 4.78 is 28.0. The number of amides is 1. The Balaban J connectivity index is 1.49. The Hall–Kier alpha value is -2.22. The highest BCUT2D eigenvalue weighted by Gasteiger charge is 2.38. The second-order valence-corrected chi connectivity index (χ2v) is 10.7. The number of aryl methyl sites for hydroxylation is 1. The molecule has 0 aliphatic carbocycles. The van der Waals surface area contributed by atoms with Crippen LogP contribution in [0, 0.1) is 6.92 Å². The number of carbonyl (C=O) groups excluding carboxylic acids is 1. The maximum atomic E-state index is 13.3. The van der Waals surface area contributed by atoms with E-state index in [2.05, 4.69) is 22.3 Å². The van der Waals surface area contributed by atoms with Crippen molar-refractivity contribution < 1.29 is 13.2 Å². The number of rotatable bonds is 7. The van der Waals surface area contributed by atoms with Gasteiger partial charge in [-0.15, -0.1) is 0 Å². The normalized spacial score (nSPS) is 21.3. The summed E-state index contributed by atoms with van der Waals surface area (Å²) in [5.41, 5.74) is 2.19. The molecular formula is C25H33N3O3S. The summed E-state index contributed by atoms with van der Waals surface area (Å²) in [5, 5.41) is 3.10. The summed E-state index contributed by atoms with van der Waals surface area (Å²) in [6.07, 6.45) is 4.52. The lowest BCUT2D eigenvalue weighted by atomic mass is 10.0. The Labute approximate surface area is 191 Å². The summed E-state index contributed by atoms with van der Waals surface area (Å²) in [7, 11) is -3.72. The van der Waals surface area contributed by atoms with Crippen LogP contribution < -0.4 is 5.32 Å². The van der Waals surface area contributed by atoms with Gasteiger partial charge in [-0.05, 0) is 63.4 Å². The Morgan fingerprint density at radius 3 is 2.31 bits per heavy atom. The number of carbonyl (C=O) groups is 1. The average Bonchev–Trinajstić information content (AvgIpc) is 3.35. The van der Waals surface area contributed by atoms with Crippen LogP contribution >= 0.6 is 0 Å². The Morgan fingerprint density at radius 1 is 0.969 bits per heavy atom. The molecule has 1 amide bonds. The summed E-state index contributed by atoms with van der Waals surface area (Å²) >= 11 is 0. The highest BCUT2D eigenvalue weighted by molar-refractivity contribution is 7.89. The van der Waals surface area contributed by atoms with E-state index in [0.29, 0.717) is 19.5 Å². The van der Waals surface area contributed by atoms with E-state index >= 15 is 0 Å². The second-order valence-electron chi connectivity index (χ2n) is 8.86. The van der Waals surface area contributed by atoms with Crippen LogP contribution in [0.2, 0.25) is 0 Å². The monoisotopic (exact) mass is 455 g/mol. The highest BCUT2D eigenvalue weighted by Crippen LogP contribution is 2.27. The lowest BCUT2D eigenvalue weighted by Gasteiger charge is -2.34. The van der Waals surface area contributed by atoms with Crippen molar-refractivity contribution in [3.8, 4) is 0 Å². The van der Waals surface area contributed by atoms with E-state index < -0.39 is 16.1 Å². The fourth-order valence-corrected chi connectivity index (χ4v) is 6.46. The molecule has 2 heterocycles. The van der Waals surface area contributed by atoms with Gasteiger partial charge in [0.15, 0.2) is 0 Å². The SMILES string of the molecule is Cc1ccc(S(=O)(=O)N2CCCCC2C(=O)NCC(c2ccccc2)N2CCCC2)cc1. The van der Waals surface area contributed by atoms with E-state index in [1.165, 1.54) is 22.7 Å². The molecule has 7 heteroatoms. The topological polar surface area (TPSA) is 69.7 Å². The molecule has 0 spiro atoms. The predicted octanol–water partition coefficient (Wildman–Crippen LogP) is 3.49. The average molecular weight is 456 g/mol. The molecule has 0 aromatic heterocycles. The third kappa shape index (κ3) is 5.05. The van der Waals surface area contributed by atoms with Gasteiger partial charge in [0.2, 0.25) is 15.9 Å². The molecule has 1 N–H and O–H groups in total. The van der Waals surface area contributed by atoms with Gasteiger partial charge >= 0.3 is 0 Å². The molecule has 0 bridgehead atoms. The first-order chi connectivity index (χ1) is 15.5. The molecule has 2 aliphatic heterocycles. The maximum Gasteiger partial charge on any atom is 0.243 e. The molecule has 2 aromatic rings. The minimum atomic E-state index is -3.72. The molecule has 2 aromatic carbocycles. The number of hydrogen-bond acceptors (Lipinski definition) is 4. The summed E-state index contributed by atoms with van der Waals surface area (Å²) in [5.74, 6) is -0.194. The van der Waals surface area contributed by atoms with E-state index in [-0.39, 0.29) is 16.8 Å². The fraction of sp³-hybridized carbons (Fsp3) is 0.480. The van der Waals surface area contributed by atoms with Crippen molar-refractivity contribution in [1.29, 1.82) is 0 Å². The van der Waals surface area contributed by atoms with Crippen LogP contribution in [0.5, 0.6) is 0 Å². The second kappa shape index (κ2) is 10.1. The summed E-state index contributed by atoms with van der Waals surface area (Å²) in [6.45, 7) is 4.83. The number of piperidine rings is 1. The standard InChI is InChI=1S/C25H33N3O3S/c1-20-12-14-22(15-13-20)32(30,31)28-18-6-5-11-23(28)25(29)26-19-24(27-16-7-8-17-27)21-9-3-2-4-10-21/h2-4,9-10,12-15,23-24H,5-8,11,16-19H2,1H3,(H,26,29). The maximum absolute atomic E-state index is 13.3. The zero-order valence-electron chi connectivity index (χ0n) is 18.7. The minimum absolute atomic E-state index is 0.105. The van der Waals surface area contributed by atoms with E-state index in [1.807, 2.05) is 25.1 Å². The quantitative estimate of drug-likeness (QED) is 0.694. The van der Waals surface area contributed by atoms with Crippen molar-refractivity contribution in [3.63, 3.8) is 0 Å². The van der Waals surface area contributed by atoms with Gasteiger partial charge in [-0.2, -0.15) is 4.31 Å². The Kier molecular flexibility index (Phi) is 7.28. The molecule has 32 heavy (non-hydrogen) atoms. The Bertz CT molecular complexity index is 1000. The molecule has 4 rings (SSSR count). The van der Waals surface area contributed by atoms with Gasteiger partial charge in [-0.1, -0.05) is 54.4 Å². The van der Waals surface area contributed by atoms with Crippen LogP contribution in [0.15, 0.2) is 59.5 Å². The molecule has 2 aliphatic rings. The number of nitrogens with zero attached hydrogens (tertiary/aromatic N) is 2. The minimum Gasteiger partial charge on any atom is -0.353 e.